The number of halogens is 1. The molecule has 8 heteroatoms. The van der Waals surface area contributed by atoms with Crippen molar-refractivity contribution in [2.24, 2.45) is 0 Å². The molecule has 1 aromatic heterocycles. The van der Waals surface area contributed by atoms with Gasteiger partial charge in [0.2, 0.25) is 0 Å². The van der Waals surface area contributed by atoms with E-state index in [-0.39, 0.29) is 23.3 Å². The summed E-state index contributed by atoms with van der Waals surface area (Å²) in [6, 6.07) is 17.9. The molecule has 2 aromatic carbocycles. The zero-order valence-electron chi connectivity index (χ0n) is 21.9. The second-order valence-corrected chi connectivity index (χ2v) is 9.91. The maximum absolute atomic E-state index is 14.1. The maximum atomic E-state index is 14.1. The highest BCUT2D eigenvalue weighted by Crippen LogP contribution is 2.31. The molecule has 0 saturated carbocycles. The molecule has 0 unspecified atom stereocenters. The van der Waals surface area contributed by atoms with Crippen molar-refractivity contribution in [3.63, 3.8) is 0 Å². The summed E-state index contributed by atoms with van der Waals surface area (Å²) in [5.41, 5.74) is 3.51. The van der Waals surface area contributed by atoms with Crippen LogP contribution in [0.5, 0.6) is 5.75 Å². The Morgan fingerprint density at radius 1 is 0.842 bits per heavy atom. The van der Waals surface area contributed by atoms with Crippen LogP contribution in [0, 0.1) is 12.7 Å². The van der Waals surface area contributed by atoms with Crippen molar-refractivity contribution in [1.82, 2.24) is 14.8 Å². The molecule has 2 fully saturated rings. The number of likely N-dealkylation sites (tertiary alicyclic amines) is 1. The minimum atomic E-state index is -0.501. The highest BCUT2D eigenvalue weighted by atomic mass is 19.1. The largest absolute Gasteiger partial charge is 0.497 e. The number of carbonyl (C=O) groups is 2. The van der Waals surface area contributed by atoms with Crippen LogP contribution in [-0.4, -0.2) is 73.0 Å². The Bertz CT molecular complexity index is 1310. The van der Waals surface area contributed by atoms with E-state index < -0.39 is 5.82 Å². The molecule has 7 nitrogen and oxygen atoms in total. The normalized spacial score (nSPS) is 16.4. The molecule has 0 spiro atoms. The molecule has 2 aliphatic rings. The number of benzene rings is 2. The Kier molecular flexibility index (Phi) is 7.58. The summed E-state index contributed by atoms with van der Waals surface area (Å²) < 4.78 is 19.5. The van der Waals surface area contributed by atoms with E-state index in [1.165, 1.54) is 12.1 Å². The molecule has 0 atom stereocenters. The van der Waals surface area contributed by atoms with E-state index in [4.69, 9.17) is 9.72 Å². The number of hydrogen-bond donors (Lipinski definition) is 0. The number of carbonyl (C=O) groups excluding carboxylic acids is 2. The number of piperidine rings is 1. The van der Waals surface area contributed by atoms with Gasteiger partial charge in [0.1, 0.15) is 11.6 Å². The Labute approximate surface area is 222 Å². The second-order valence-electron chi connectivity index (χ2n) is 9.91. The van der Waals surface area contributed by atoms with Crippen LogP contribution in [0.25, 0.3) is 0 Å². The molecule has 38 heavy (non-hydrogen) atoms. The van der Waals surface area contributed by atoms with E-state index in [1.807, 2.05) is 42.2 Å². The van der Waals surface area contributed by atoms with E-state index >= 15 is 0 Å². The number of piperazine rings is 1. The zero-order valence-corrected chi connectivity index (χ0v) is 21.9. The summed E-state index contributed by atoms with van der Waals surface area (Å²) in [6.07, 6.45) is 1.36. The van der Waals surface area contributed by atoms with Crippen molar-refractivity contribution >= 4 is 17.5 Å². The number of anilines is 1. The third-order valence-electron chi connectivity index (χ3n) is 7.55. The van der Waals surface area contributed by atoms with E-state index in [1.54, 1.807) is 24.1 Å². The first kappa shape index (κ1) is 25.7. The molecule has 0 radical (unpaired) electrons. The van der Waals surface area contributed by atoms with Gasteiger partial charge in [0, 0.05) is 62.6 Å². The minimum absolute atomic E-state index is 0.00246. The Morgan fingerprint density at radius 3 is 2.24 bits per heavy atom. The molecule has 3 aromatic rings. The highest BCUT2D eigenvalue weighted by Gasteiger charge is 2.31. The lowest BCUT2D eigenvalue weighted by molar-refractivity contribution is 0.0698. The van der Waals surface area contributed by atoms with Gasteiger partial charge in [-0.25, -0.2) is 4.39 Å². The number of aromatic nitrogens is 1. The van der Waals surface area contributed by atoms with Gasteiger partial charge >= 0.3 is 0 Å². The number of methoxy groups -OCH3 is 1. The number of aryl methyl sites for hydroxylation is 1. The standard InChI is InChI=1S/C30H33FN4O3/c1-21-10-11-26(30(37)35-18-16-33(17-19-35)23-6-5-7-24(20-23)38-2)28(32-21)22-12-14-34(15-13-22)29(36)25-8-3-4-9-27(25)31/h3-11,20,22H,12-19H2,1-2H3. The number of rotatable bonds is 5. The first-order valence-corrected chi connectivity index (χ1v) is 13.1. The fourth-order valence-electron chi connectivity index (χ4n) is 5.38. The molecule has 2 saturated heterocycles. The molecule has 0 N–H and O–H groups in total. The summed E-state index contributed by atoms with van der Waals surface area (Å²) in [7, 11) is 1.66. The molecule has 0 bridgehead atoms. The van der Waals surface area contributed by atoms with Crippen LogP contribution in [0.3, 0.4) is 0 Å². The first-order chi connectivity index (χ1) is 18.4. The van der Waals surface area contributed by atoms with Crippen LogP contribution in [0.1, 0.15) is 50.9 Å². The van der Waals surface area contributed by atoms with E-state index in [0.29, 0.717) is 44.6 Å². The molecule has 2 aliphatic heterocycles. The van der Waals surface area contributed by atoms with Crippen molar-refractivity contribution in [2.45, 2.75) is 25.7 Å². The molecular formula is C30H33FN4O3. The van der Waals surface area contributed by atoms with E-state index in [2.05, 4.69) is 11.0 Å². The average molecular weight is 517 g/mol. The lowest BCUT2D eigenvalue weighted by Gasteiger charge is -2.37. The van der Waals surface area contributed by atoms with Crippen LogP contribution in [0.4, 0.5) is 10.1 Å². The third-order valence-corrected chi connectivity index (χ3v) is 7.55. The summed E-state index contributed by atoms with van der Waals surface area (Å²) in [4.78, 5) is 37.2. The van der Waals surface area contributed by atoms with Crippen molar-refractivity contribution in [1.29, 1.82) is 0 Å². The summed E-state index contributed by atoms with van der Waals surface area (Å²) in [6.45, 7) is 5.66. The first-order valence-electron chi connectivity index (χ1n) is 13.1. The number of pyridine rings is 1. The monoisotopic (exact) mass is 516 g/mol. The third kappa shape index (κ3) is 5.35. The van der Waals surface area contributed by atoms with E-state index in [0.717, 1.165) is 35.9 Å². The van der Waals surface area contributed by atoms with Gasteiger partial charge in [-0.1, -0.05) is 18.2 Å². The molecular weight excluding hydrogens is 483 g/mol. The van der Waals surface area contributed by atoms with Gasteiger partial charge < -0.3 is 19.4 Å². The number of nitrogens with zero attached hydrogens (tertiary/aromatic N) is 4. The summed E-state index contributed by atoms with van der Waals surface area (Å²) in [5.74, 6) is 0.0978. The van der Waals surface area contributed by atoms with Crippen LogP contribution < -0.4 is 9.64 Å². The lowest BCUT2D eigenvalue weighted by Crippen LogP contribution is -2.49. The van der Waals surface area contributed by atoms with Crippen molar-refractivity contribution < 1.29 is 18.7 Å². The van der Waals surface area contributed by atoms with Gasteiger partial charge in [-0.3, -0.25) is 14.6 Å². The summed E-state index contributed by atoms with van der Waals surface area (Å²) >= 11 is 0. The number of amides is 2. The Morgan fingerprint density at radius 2 is 1.53 bits per heavy atom. The smallest absolute Gasteiger partial charge is 0.256 e. The molecule has 198 valence electrons. The molecule has 2 amide bonds. The zero-order chi connectivity index (χ0) is 26.6. The van der Waals surface area contributed by atoms with Gasteiger partial charge in [-0.05, 0) is 56.2 Å². The van der Waals surface area contributed by atoms with Crippen LogP contribution in [0.15, 0.2) is 60.7 Å². The topological polar surface area (TPSA) is 66.0 Å². The second kappa shape index (κ2) is 11.2. The number of hydrogen-bond acceptors (Lipinski definition) is 5. The number of ether oxygens (including phenoxy) is 1. The minimum Gasteiger partial charge on any atom is -0.497 e. The average Bonchev–Trinajstić information content (AvgIpc) is 2.97. The SMILES string of the molecule is COc1cccc(N2CCN(C(=O)c3ccc(C)nc3C3CCN(C(=O)c4ccccc4F)CC3)CC2)c1. The Hall–Kier alpha value is -3.94. The predicted molar refractivity (Wildman–Crippen MR) is 144 cm³/mol. The quantitative estimate of drug-likeness (QED) is 0.499. The van der Waals surface area contributed by atoms with Gasteiger partial charge in [0.05, 0.1) is 23.9 Å². The fourth-order valence-corrected chi connectivity index (χ4v) is 5.38. The van der Waals surface area contributed by atoms with Crippen LogP contribution >= 0.6 is 0 Å². The van der Waals surface area contributed by atoms with Gasteiger partial charge in [-0.2, -0.15) is 0 Å². The van der Waals surface area contributed by atoms with Gasteiger partial charge in [0.15, 0.2) is 0 Å². The summed E-state index contributed by atoms with van der Waals surface area (Å²) in [5, 5.41) is 0. The predicted octanol–water partition coefficient (Wildman–Crippen LogP) is 4.52. The van der Waals surface area contributed by atoms with Crippen molar-refractivity contribution in [3.05, 3.63) is 89.0 Å². The van der Waals surface area contributed by atoms with E-state index in [9.17, 15) is 14.0 Å². The van der Waals surface area contributed by atoms with Gasteiger partial charge in [-0.15, -0.1) is 0 Å². The molecule has 0 aliphatic carbocycles. The van der Waals surface area contributed by atoms with Crippen molar-refractivity contribution in [2.75, 3.05) is 51.3 Å². The Balaban J connectivity index is 1.25. The molecule has 5 rings (SSSR count). The molecule has 3 heterocycles. The fraction of sp³-hybridized carbons (Fsp3) is 0.367. The highest BCUT2D eigenvalue weighted by molar-refractivity contribution is 5.96. The van der Waals surface area contributed by atoms with Crippen LogP contribution in [-0.2, 0) is 0 Å². The maximum Gasteiger partial charge on any atom is 0.256 e. The lowest BCUT2D eigenvalue weighted by atomic mass is 9.89. The van der Waals surface area contributed by atoms with Crippen LogP contribution in [0.2, 0.25) is 0 Å². The van der Waals surface area contributed by atoms with Gasteiger partial charge in [0.25, 0.3) is 11.8 Å². The van der Waals surface area contributed by atoms with Crippen molar-refractivity contribution in [3.8, 4) is 5.75 Å².